The van der Waals surface area contributed by atoms with Crippen LogP contribution >= 0.6 is 15.9 Å². The monoisotopic (exact) mass is 361 g/mol. The number of ether oxygens (including phenoxy) is 1. The minimum Gasteiger partial charge on any atom is -0.481 e. The van der Waals surface area contributed by atoms with E-state index in [2.05, 4.69) is 21.2 Å². The molecule has 2 rings (SSSR count). The summed E-state index contributed by atoms with van der Waals surface area (Å²) in [6.45, 7) is 7.68. The van der Waals surface area contributed by atoms with Gasteiger partial charge in [-0.1, -0.05) is 28.1 Å². The third-order valence-electron chi connectivity index (χ3n) is 3.46. The van der Waals surface area contributed by atoms with Crippen LogP contribution in [0, 0.1) is 20.8 Å². The summed E-state index contributed by atoms with van der Waals surface area (Å²) in [5.41, 5.74) is 3.92. The van der Waals surface area contributed by atoms with Gasteiger partial charge in [-0.3, -0.25) is 4.79 Å². The van der Waals surface area contributed by atoms with Crippen LogP contribution < -0.4 is 10.1 Å². The van der Waals surface area contributed by atoms with Crippen LogP contribution in [-0.4, -0.2) is 12.0 Å². The fourth-order valence-electron chi connectivity index (χ4n) is 2.08. The third-order valence-corrected chi connectivity index (χ3v) is 3.96. The molecule has 3 nitrogen and oxygen atoms in total. The molecule has 2 aromatic carbocycles. The van der Waals surface area contributed by atoms with Gasteiger partial charge in [-0.2, -0.15) is 0 Å². The molecule has 0 spiro atoms. The van der Waals surface area contributed by atoms with Crippen LogP contribution in [0.15, 0.2) is 40.9 Å². The number of aryl methyl sites for hydroxylation is 3. The Morgan fingerprint density at radius 3 is 2.50 bits per heavy atom. The highest BCUT2D eigenvalue weighted by atomic mass is 79.9. The molecule has 0 saturated carbocycles. The van der Waals surface area contributed by atoms with Crippen LogP contribution in [0.25, 0.3) is 0 Å². The third kappa shape index (κ3) is 4.10. The molecule has 0 aliphatic carbocycles. The molecule has 1 atom stereocenters. The molecule has 22 heavy (non-hydrogen) atoms. The Morgan fingerprint density at radius 1 is 1.09 bits per heavy atom. The first-order valence-corrected chi connectivity index (χ1v) is 7.97. The molecule has 116 valence electrons. The fraction of sp³-hybridized carbons (Fsp3) is 0.278. The molecule has 0 aliphatic rings. The van der Waals surface area contributed by atoms with E-state index in [9.17, 15) is 4.79 Å². The van der Waals surface area contributed by atoms with Crippen molar-refractivity contribution in [2.75, 3.05) is 5.32 Å². The number of hydrogen-bond acceptors (Lipinski definition) is 2. The van der Waals surface area contributed by atoms with Crippen molar-refractivity contribution in [3.05, 3.63) is 57.6 Å². The molecule has 1 unspecified atom stereocenters. The predicted molar refractivity (Wildman–Crippen MR) is 93.5 cm³/mol. The molecule has 1 N–H and O–H groups in total. The van der Waals surface area contributed by atoms with E-state index in [1.165, 1.54) is 0 Å². The van der Waals surface area contributed by atoms with Crippen molar-refractivity contribution in [3.8, 4) is 5.75 Å². The predicted octanol–water partition coefficient (Wildman–Crippen LogP) is 4.78. The van der Waals surface area contributed by atoms with Crippen molar-refractivity contribution in [2.24, 2.45) is 0 Å². The Morgan fingerprint density at radius 2 is 1.82 bits per heavy atom. The molecule has 0 saturated heterocycles. The summed E-state index contributed by atoms with van der Waals surface area (Å²) in [6.07, 6.45) is -0.566. The van der Waals surface area contributed by atoms with Crippen molar-refractivity contribution in [2.45, 2.75) is 33.8 Å². The molecule has 1 amide bonds. The average molecular weight is 362 g/mol. The van der Waals surface area contributed by atoms with E-state index >= 15 is 0 Å². The number of benzene rings is 2. The number of halogens is 1. The molecule has 0 aliphatic heterocycles. The molecule has 2 aromatic rings. The van der Waals surface area contributed by atoms with Crippen molar-refractivity contribution in [1.29, 1.82) is 0 Å². The average Bonchev–Trinajstić information content (AvgIpc) is 2.45. The SMILES string of the molecule is Cc1ccc(C)c(OC(C)C(=O)Nc2ccc(Br)cc2C)c1. The summed E-state index contributed by atoms with van der Waals surface area (Å²) >= 11 is 3.41. The summed E-state index contributed by atoms with van der Waals surface area (Å²) in [4.78, 5) is 12.3. The molecule has 0 bridgehead atoms. The van der Waals surface area contributed by atoms with Crippen molar-refractivity contribution in [1.82, 2.24) is 0 Å². The smallest absolute Gasteiger partial charge is 0.265 e. The van der Waals surface area contributed by atoms with Gasteiger partial charge in [0, 0.05) is 10.2 Å². The zero-order valence-corrected chi connectivity index (χ0v) is 14.8. The zero-order chi connectivity index (χ0) is 16.3. The van der Waals surface area contributed by atoms with E-state index in [1.807, 2.05) is 57.2 Å². The molecular formula is C18H20BrNO2. The van der Waals surface area contributed by atoms with Crippen LogP contribution in [0.3, 0.4) is 0 Å². The highest BCUT2D eigenvalue weighted by Gasteiger charge is 2.16. The first-order valence-electron chi connectivity index (χ1n) is 7.18. The van der Waals surface area contributed by atoms with Gasteiger partial charge in [0.2, 0.25) is 0 Å². The minimum absolute atomic E-state index is 0.161. The van der Waals surface area contributed by atoms with Gasteiger partial charge in [-0.15, -0.1) is 0 Å². The lowest BCUT2D eigenvalue weighted by Crippen LogP contribution is -2.30. The van der Waals surface area contributed by atoms with Crippen molar-refractivity contribution < 1.29 is 9.53 Å². The second-order valence-electron chi connectivity index (χ2n) is 5.48. The summed E-state index contributed by atoms with van der Waals surface area (Å²) in [6, 6.07) is 11.7. The number of nitrogens with one attached hydrogen (secondary N) is 1. The van der Waals surface area contributed by atoms with Crippen LogP contribution in [-0.2, 0) is 4.79 Å². The van der Waals surface area contributed by atoms with Crippen molar-refractivity contribution >= 4 is 27.5 Å². The molecule has 4 heteroatoms. The lowest BCUT2D eigenvalue weighted by Gasteiger charge is -2.17. The van der Waals surface area contributed by atoms with E-state index < -0.39 is 6.10 Å². The van der Waals surface area contributed by atoms with Crippen molar-refractivity contribution in [3.63, 3.8) is 0 Å². The number of carbonyl (C=O) groups excluding carboxylic acids is 1. The highest BCUT2D eigenvalue weighted by Crippen LogP contribution is 2.22. The number of rotatable bonds is 4. The van der Waals surface area contributed by atoms with Gasteiger partial charge in [0.1, 0.15) is 5.75 Å². The molecule has 0 heterocycles. The van der Waals surface area contributed by atoms with Gasteiger partial charge in [0.15, 0.2) is 6.10 Å². The van der Waals surface area contributed by atoms with Gasteiger partial charge < -0.3 is 10.1 Å². The molecule has 0 radical (unpaired) electrons. The van der Waals surface area contributed by atoms with Crippen LogP contribution in [0.1, 0.15) is 23.6 Å². The number of anilines is 1. The Labute approximate surface area is 139 Å². The van der Waals surface area contributed by atoms with Gasteiger partial charge in [0.25, 0.3) is 5.91 Å². The largest absolute Gasteiger partial charge is 0.481 e. The van der Waals surface area contributed by atoms with E-state index in [4.69, 9.17) is 4.74 Å². The first kappa shape index (κ1) is 16.6. The summed E-state index contributed by atoms with van der Waals surface area (Å²) in [7, 11) is 0. The highest BCUT2D eigenvalue weighted by molar-refractivity contribution is 9.10. The molecule has 0 aromatic heterocycles. The Kier molecular flexibility index (Phi) is 5.24. The Bertz CT molecular complexity index is 697. The summed E-state index contributed by atoms with van der Waals surface area (Å²) < 4.78 is 6.79. The number of carbonyl (C=O) groups is 1. The van der Waals surface area contributed by atoms with Crippen LogP contribution in [0.4, 0.5) is 5.69 Å². The quantitative estimate of drug-likeness (QED) is 0.850. The normalized spacial score (nSPS) is 11.9. The minimum atomic E-state index is -0.566. The first-order chi connectivity index (χ1) is 10.4. The van der Waals surface area contributed by atoms with Crippen LogP contribution in [0.2, 0.25) is 0 Å². The standard InChI is InChI=1S/C18H20BrNO2/c1-11-5-6-12(2)17(9-11)22-14(4)18(21)20-16-8-7-15(19)10-13(16)3/h5-10,14H,1-4H3,(H,20,21). The van der Waals surface area contributed by atoms with E-state index in [0.717, 1.165) is 32.6 Å². The summed E-state index contributed by atoms with van der Waals surface area (Å²) in [5.74, 6) is 0.585. The Balaban J connectivity index is 2.07. The Hall–Kier alpha value is -1.81. The molecule has 0 fully saturated rings. The maximum absolute atomic E-state index is 12.3. The van der Waals surface area contributed by atoms with E-state index in [-0.39, 0.29) is 5.91 Å². The maximum atomic E-state index is 12.3. The van der Waals surface area contributed by atoms with E-state index in [1.54, 1.807) is 6.92 Å². The van der Waals surface area contributed by atoms with Gasteiger partial charge in [0.05, 0.1) is 0 Å². The van der Waals surface area contributed by atoms with Crippen LogP contribution in [0.5, 0.6) is 5.75 Å². The lowest BCUT2D eigenvalue weighted by molar-refractivity contribution is -0.122. The van der Waals surface area contributed by atoms with Gasteiger partial charge in [-0.05, 0) is 68.7 Å². The number of amides is 1. The number of hydrogen-bond donors (Lipinski definition) is 1. The second-order valence-corrected chi connectivity index (χ2v) is 6.39. The maximum Gasteiger partial charge on any atom is 0.265 e. The fourth-order valence-corrected chi connectivity index (χ4v) is 2.56. The van der Waals surface area contributed by atoms with E-state index in [0.29, 0.717) is 0 Å². The topological polar surface area (TPSA) is 38.3 Å². The second kappa shape index (κ2) is 6.97. The van der Waals surface area contributed by atoms with Gasteiger partial charge >= 0.3 is 0 Å². The summed E-state index contributed by atoms with van der Waals surface area (Å²) in [5, 5.41) is 2.91. The van der Waals surface area contributed by atoms with Gasteiger partial charge in [-0.25, -0.2) is 0 Å². The lowest BCUT2D eigenvalue weighted by atomic mass is 10.1. The molecular weight excluding hydrogens is 342 g/mol. The zero-order valence-electron chi connectivity index (χ0n) is 13.2.